The number of likely N-dealkylation sites (N-methyl/N-ethyl adjacent to an activating group) is 1. The largest absolute Gasteiger partial charge is 0.360 e. The van der Waals surface area contributed by atoms with Gasteiger partial charge in [-0.05, 0) is 32.0 Å². The summed E-state index contributed by atoms with van der Waals surface area (Å²) in [6, 6.07) is 11.4. The van der Waals surface area contributed by atoms with Gasteiger partial charge in [-0.1, -0.05) is 56.3 Å². The lowest BCUT2D eigenvalue weighted by atomic mass is 9.95. The topological polar surface area (TPSA) is 78.7 Å². The van der Waals surface area contributed by atoms with Gasteiger partial charge in [-0.15, -0.1) is 0 Å². The van der Waals surface area contributed by atoms with Gasteiger partial charge in [0.1, 0.15) is 5.76 Å². The van der Waals surface area contributed by atoms with Crippen LogP contribution in [0.2, 0.25) is 0 Å². The molecule has 0 spiro atoms. The minimum atomic E-state index is -0.283. The molecule has 7 nitrogen and oxygen atoms in total. The predicted molar refractivity (Wildman–Crippen MR) is 114 cm³/mol. The second-order valence-electron chi connectivity index (χ2n) is 7.03. The van der Waals surface area contributed by atoms with Crippen molar-refractivity contribution in [2.75, 3.05) is 38.0 Å². The molecule has 7 heteroatoms. The Morgan fingerprint density at radius 2 is 1.79 bits per heavy atom. The number of aromatic nitrogens is 1. The fourth-order valence-corrected chi connectivity index (χ4v) is 3.31. The van der Waals surface area contributed by atoms with E-state index >= 15 is 0 Å². The Balaban J connectivity index is 2.13. The van der Waals surface area contributed by atoms with E-state index in [0.29, 0.717) is 24.5 Å². The first-order chi connectivity index (χ1) is 14.0. The van der Waals surface area contributed by atoms with Gasteiger partial charge >= 0.3 is 0 Å². The first-order valence-corrected chi connectivity index (χ1v) is 10.3. The van der Waals surface area contributed by atoms with E-state index in [4.69, 9.17) is 4.52 Å². The average molecular weight is 401 g/mol. The maximum Gasteiger partial charge on any atom is 0.245 e. The molecule has 158 valence electrons. The second kappa shape index (κ2) is 11.4. The Bertz CT molecular complexity index is 771. The quantitative estimate of drug-likeness (QED) is 0.626. The van der Waals surface area contributed by atoms with Gasteiger partial charge < -0.3 is 19.6 Å². The highest BCUT2D eigenvalue weighted by molar-refractivity contribution is 5.95. The zero-order valence-electron chi connectivity index (χ0n) is 17.9. The Morgan fingerprint density at radius 1 is 1.10 bits per heavy atom. The fraction of sp³-hybridized carbons (Fsp3) is 0.500. The number of nitrogens with zero attached hydrogens (tertiary/aromatic N) is 3. The molecule has 0 unspecified atom stereocenters. The molecule has 1 N–H and O–H groups in total. The Kier molecular flexibility index (Phi) is 8.86. The fourth-order valence-electron chi connectivity index (χ4n) is 3.31. The third-order valence-electron chi connectivity index (χ3n) is 5.03. The van der Waals surface area contributed by atoms with Crippen LogP contribution < -0.4 is 5.32 Å². The van der Waals surface area contributed by atoms with Crippen molar-refractivity contribution < 1.29 is 14.1 Å². The van der Waals surface area contributed by atoms with Gasteiger partial charge in [0.05, 0.1) is 12.5 Å². The highest BCUT2D eigenvalue weighted by Crippen LogP contribution is 2.22. The number of rotatable bonds is 11. The molecule has 2 amide bonds. The predicted octanol–water partition coefficient (Wildman–Crippen LogP) is 3.29. The maximum atomic E-state index is 13.3. The van der Waals surface area contributed by atoms with Gasteiger partial charge in [-0.3, -0.25) is 9.59 Å². The number of hydrogen-bond donors (Lipinski definition) is 1. The van der Waals surface area contributed by atoms with Gasteiger partial charge in [0.15, 0.2) is 5.82 Å². The lowest BCUT2D eigenvalue weighted by molar-refractivity contribution is -0.136. The summed E-state index contributed by atoms with van der Waals surface area (Å²) in [4.78, 5) is 29.8. The van der Waals surface area contributed by atoms with Crippen molar-refractivity contribution in [2.24, 2.45) is 0 Å². The smallest absolute Gasteiger partial charge is 0.245 e. The lowest BCUT2D eigenvalue weighted by Crippen LogP contribution is -2.44. The zero-order valence-corrected chi connectivity index (χ0v) is 17.9. The maximum absolute atomic E-state index is 13.3. The zero-order chi connectivity index (χ0) is 21.2. The highest BCUT2D eigenvalue weighted by atomic mass is 16.5. The van der Waals surface area contributed by atoms with Crippen molar-refractivity contribution in [1.29, 1.82) is 0 Å². The molecule has 2 rings (SSSR count). The summed E-state index contributed by atoms with van der Waals surface area (Å²) in [5.74, 6) is 0.394. The molecule has 0 aliphatic heterocycles. The molecule has 0 aliphatic rings. The number of carbonyl (C=O) groups excluding carboxylic acids is 2. The Morgan fingerprint density at radius 3 is 2.34 bits per heavy atom. The minimum absolute atomic E-state index is 0.0185. The van der Waals surface area contributed by atoms with Crippen LogP contribution in [0.1, 0.15) is 44.4 Å². The third kappa shape index (κ3) is 6.71. The first kappa shape index (κ1) is 22.6. The van der Waals surface area contributed by atoms with E-state index in [1.165, 1.54) is 0 Å². The van der Waals surface area contributed by atoms with Crippen LogP contribution in [0.4, 0.5) is 5.82 Å². The van der Waals surface area contributed by atoms with Gasteiger partial charge in [0, 0.05) is 19.2 Å². The summed E-state index contributed by atoms with van der Waals surface area (Å²) in [6.45, 7) is 10.9. The van der Waals surface area contributed by atoms with E-state index in [9.17, 15) is 9.59 Å². The molecular formula is C22H32N4O3. The molecule has 0 bridgehead atoms. The number of nitrogens with one attached hydrogen (secondary N) is 1. The molecule has 29 heavy (non-hydrogen) atoms. The molecule has 0 saturated carbocycles. The van der Waals surface area contributed by atoms with Crippen LogP contribution in [0, 0.1) is 6.92 Å². The summed E-state index contributed by atoms with van der Waals surface area (Å²) in [6.07, 6.45) is 0.675. The van der Waals surface area contributed by atoms with Crippen molar-refractivity contribution in [3.8, 4) is 0 Å². The molecule has 0 radical (unpaired) electrons. The van der Waals surface area contributed by atoms with E-state index < -0.39 is 0 Å². The summed E-state index contributed by atoms with van der Waals surface area (Å²) < 4.78 is 4.99. The summed E-state index contributed by atoms with van der Waals surface area (Å²) in [5.41, 5.74) is 0.973. The Labute approximate surface area is 173 Å². The molecule has 2 aromatic rings. The molecule has 1 aromatic heterocycles. The normalized spacial score (nSPS) is 12.0. The molecule has 1 aromatic carbocycles. The van der Waals surface area contributed by atoms with E-state index in [0.717, 1.165) is 25.2 Å². The van der Waals surface area contributed by atoms with Gasteiger partial charge in [-0.2, -0.15) is 0 Å². The van der Waals surface area contributed by atoms with Gasteiger partial charge in [0.2, 0.25) is 11.8 Å². The number of anilines is 1. The van der Waals surface area contributed by atoms with Crippen LogP contribution >= 0.6 is 0 Å². The molecule has 0 aliphatic carbocycles. The number of benzene rings is 1. The molecular weight excluding hydrogens is 368 g/mol. The second-order valence-corrected chi connectivity index (χ2v) is 7.03. The van der Waals surface area contributed by atoms with Crippen molar-refractivity contribution in [3.63, 3.8) is 0 Å². The summed E-state index contributed by atoms with van der Waals surface area (Å²) >= 11 is 0. The first-order valence-electron chi connectivity index (χ1n) is 10.3. The summed E-state index contributed by atoms with van der Waals surface area (Å²) in [7, 11) is 0. The van der Waals surface area contributed by atoms with Crippen molar-refractivity contribution in [2.45, 2.75) is 40.0 Å². The molecule has 0 fully saturated rings. The molecule has 0 saturated heterocycles. The van der Waals surface area contributed by atoms with Crippen LogP contribution in [0.3, 0.4) is 0 Å². The molecule has 1 heterocycles. The van der Waals surface area contributed by atoms with Crippen LogP contribution in [0.5, 0.6) is 0 Å². The van der Waals surface area contributed by atoms with Crippen LogP contribution in [0.25, 0.3) is 0 Å². The van der Waals surface area contributed by atoms with Crippen LogP contribution in [-0.4, -0.2) is 59.5 Å². The number of amides is 2. The molecule has 1 atom stereocenters. The lowest BCUT2D eigenvalue weighted by Gasteiger charge is -2.29. The summed E-state index contributed by atoms with van der Waals surface area (Å²) in [5, 5.41) is 6.50. The van der Waals surface area contributed by atoms with Gasteiger partial charge in [-0.25, -0.2) is 0 Å². The standard InChI is InChI=1S/C22H32N4O3/c1-5-19(18-11-9-8-10-12-18)22(28)26(14-13-25(6-2)7-3)16-21(27)23-20-15-17(4)29-24-20/h8-12,15,19H,5-7,13-14,16H2,1-4H3,(H,23,24,27)/t19-/m1/s1. The number of hydrogen-bond acceptors (Lipinski definition) is 5. The van der Waals surface area contributed by atoms with Crippen LogP contribution in [-0.2, 0) is 9.59 Å². The van der Waals surface area contributed by atoms with Crippen molar-refractivity contribution in [3.05, 3.63) is 47.7 Å². The minimum Gasteiger partial charge on any atom is -0.360 e. The van der Waals surface area contributed by atoms with E-state index in [2.05, 4.69) is 29.2 Å². The highest BCUT2D eigenvalue weighted by Gasteiger charge is 2.26. The van der Waals surface area contributed by atoms with E-state index in [1.54, 1.807) is 17.9 Å². The number of carbonyl (C=O) groups is 2. The van der Waals surface area contributed by atoms with E-state index in [1.807, 2.05) is 37.3 Å². The number of aryl methyl sites for hydroxylation is 1. The van der Waals surface area contributed by atoms with Crippen molar-refractivity contribution in [1.82, 2.24) is 15.0 Å². The van der Waals surface area contributed by atoms with Gasteiger partial charge in [0.25, 0.3) is 0 Å². The third-order valence-corrected chi connectivity index (χ3v) is 5.03. The monoisotopic (exact) mass is 400 g/mol. The Hall–Kier alpha value is -2.67. The van der Waals surface area contributed by atoms with E-state index in [-0.39, 0.29) is 24.3 Å². The van der Waals surface area contributed by atoms with Crippen LogP contribution in [0.15, 0.2) is 40.9 Å². The van der Waals surface area contributed by atoms with Crippen molar-refractivity contribution >= 4 is 17.6 Å². The SMILES string of the molecule is CC[C@@H](C(=O)N(CCN(CC)CC)CC(=O)Nc1cc(C)on1)c1ccccc1. The average Bonchev–Trinajstić information content (AvgIpc) is 3.13.